The van der Waals surface area contributed by atoms with Crippen LogP contribution in [-0.4, -0.2) is 74.4 Å². The molecule has 1 aliphatic carbocycles. The van der Waals surface area contributed by atoms with Crippen LogP contribution in [0.2, 0.25) is 0 Å². The van der Waals surface area contributed by atoms with Gasteiger partial charge in [-0.05, 0) is 79.2 Å². The van der Waals surface area contributed by atoms with E-state index in [4.69, 9.17) is 5.11 Å². The summed E-state index contributed by atoms with van der Waals surface area (Å²) in [6.45, 7) is 11.2. The molecule has 11 heteroatoms. The molecule has 0 saturated carbocycles. The number of benzene rings is 2. The standard InChI is InChI=1S/C43H55N5O5S/c1-6-34(7-2)47(24-23-46(5)37(49)18-19-38(50)51)28-31-15-11-17-32(25-31)41(53)45-42-39(35-20-21-43(3,4)26-36(35)54-42)40(52)33-27-44-48(29-33)22-12-16-30-13-9-8-10-14-30/h8-11,13-15,17,25,27,29,34H,6-7,12,16,18-24,26,28H2,1-5H3,(H,45,53)(H,50,51). The van der Waals surface area contributed by atoms with E-state index in [-0.39, 0.29) is 41.9 Å². The van der Waals surface area contributed by atoms with Crippen molar-refractivity contribution in [1.29, 1.82) is 0 Å². The highest BCUT2D eigenvalue weighted by molar-refractivity contribution is 7.17. The number of aryl methyl sites for hydroxylation is 2. The number of nitrogens with one attached hydrogen (secondary N) is 1. The van der Waals surface area contributed by atoms with Crippen LogP contribution in [0.3, 0.4) is 0 Å². The van der Waals surface area contributed by atoms with E-state index in [0.29, 0.717) is 47.9 Å². The summed E-state index contributed by atoms with van der Waals surface area (Å²) in [5, 5.41) is 17.2. The van der Waals surface area contributed by atoms with E-state index in [0.717, 1.165) is 60.9 Å². The molecule has 0 radical (unpaired) electrons. The minimum absolute atomic E-state index is 0.0227. The Morgan fingerprint density at radius 1 is 0.981 bits per heavy atom. The van der Waals surface area contributed by atoms with E-state index in [1.807, 2.05) is 47.3 Å². The lowest BCUT2D eigenvalue weighted by atomic mass is 9.76. The number of thiophene rings is 1. The molecule has 2 heterocycles. The molecule has 2 amide bonds. The summed E-state index contributed by atoms with van der Waals surface area (Å²) in [7, 11) is 1.71. The average molecular weight is 754 g/mol. The van der Waals surface area contributed by atoms with Crippen molar-refractivity contribution < 1.29 is 24.3 Å². The Labute approximate surface area is 323 Å². The Bertz CT molecular complexity index is 1910. The molecular weight excluding hydrogens is 699 g/mol. The highest BCUT2D eigenvalue weighted by atomic mass is 32.1. The maximum Gasteiger partial charge on any atom is 0.303 e. The molecule has 5 rings (SSSR count). The lowest BCUT2D eigenvalue weighted by molar-refractivity contribution is -0.140. The molecule has 4 aromatic rings. The number of nitrogens with zero attached hydrogens (tertiary/aromatic N) is 4. The van der Waals surface area contributed by atoms with Gasteiger partial charge in [-0.15, -0.1) is 11.3 Å². The van der Waals surface area contributed by atoms with Crippen LogP contribution in [0.1, 0.15) is 114 Å². The number of hydrogen-bond acceptors (Lipinski definition) is 7. The Hall–Kier alpha value is -4.61. The Balaban J connectivity index is 1.31. The lowest BCUT2D eigenvalue weighted by Gasteiger charge is -2.32. The van der Waals surface area contributed by atoms with Crippen LogP contribution in [-0.2, 0) is 41.9 Å². The second kappa shape index (κ2) is 18.6. The van der Waals surface area contributed by atoms with Crippen LogP contribution in [0.5, 0.6) is 0 Å². The van der Waals surface area contributed by atoms with Crippen molar-refractivity contribution in [3.63, 3.8) is 0 Å². The largest absolute Gasteiger partial charge is 0.481 e. The molecule has 0 atom stereocenters. The molecule has 0 unspecified atom stereocenters. The minimum Gasteiger partial charge on any atom is -0.481 e. The van der Waals surface area contributed by atoms with Crippen molar-refractivity contribution in [2.45, 2.75) is 105 Å². The molecule has 54 heavy (non-hydrogen) atoms. The Kier molecular flexibility index (Phi) is 14.0. The zero-order chi connectivity index (χ0) is 38.8. The Morgan fingerprint density at radius 2 is 1.72 bits per heavy atom. The molecule has 2 aromatic heterocycles. The van der Waals surface area contributed by atoms with Gasteiger partial charge >= 0.3 is 5.97 Å². The summed E-state index contributed by atoms with van der Waals surface area (Å²) in [5.41, 5.74) is 5.01. The third kappa shape index (κ3) is 10.8. The molecule has 288 valence electrons. The third-order valence-corrected chi connectivity index (χ3v) is 11.7. The fourth-order valence-corrected chi connectivity index (χ4v) is 8.79. The van der Waals surface area contributed by atoms with E-state index >= 15 is 0 Å². The van der Waals surface area contributed by atoms with Gasteiger partial charge in [-0.2, -0.15) is 5.10 Å². The van der Waals surface area contributed by atoms with Crippen LogP contribution < -0.4 is 5.32 Å². The van der Waals surface area contributed by atoms with Crippen molar-refractivity contribution in [2.24, 2.45) is 5.41 Å². The molecule has 2 N–H and O–H groups in total. The first kappa shape index (κ1) is 40.6. The van der Waals surface area contributed by atoms with Gasteiger partial charge in [0.2, 0.25) is 5.91 Å². The number of amides is 2. The maximum absolute atomic E-state index is 14.2. The predicted octanol–water partition coefficient (Wildman–Crippen LogP) is 7.89. The number of carbonyl (C=O) groups is 4. The van der Waals surface area contributed by atoms with Crippen molar-refractivity contribution in [2.75, 3.05) is 25.5 Å². The number of likely N-dealkylation sites (N-methyl/N-ethyl adjacent to an activating group) is 1. The van der Waals surface area contributed by atoms with Crippen LogP contribution in [0.4, 0.5) is 5.00 Å². The quantitative estimate of drug-likeness (QED) is 0.0934. The SMILES string of the molecule is CCC(CC)N(CCN(C)C(=O)CCC(=O)O)Cc1cccc(C(=O)Nc2sc3c(c2C(=O)c2cnn(CCCc4ccccc4)c2)CCC(C)(C)C3)c1. The monoisotopic (exact) mass is 753 g/mol. The number of fused-ring (bicyclic) bond motifs is 1. The van der Waals surface area contributed by atoms with Gasteiger partial charge in [-0.25, -0.2) is 0 Å². The van der Waals surface area contributed by atoms with Gasteiger partial charge in [0, 0.05) is 62.3 Å². The molecule has 2 aromatic carbocycles. The molecule has 10 nitrogen and oxygen atoms in total. The number of carboxylic acid groups (broad SMARTS) is 1. The van der Waals surface area contributed by atoms with Crippen molar-refractivity contribution >= 4 is 39.9 Å². The van der Waals surface area contributed by atoms with Gasteiger partial charge in [0.15, 0.2) is 5.78 Å². The van der Waals surface area contributed by atoms with E-state index in [9.17, 15) is 19.2 Å². The number of ketones is 1. The fourth-order valence-electron chi connectivity index (χ4n) is 7.30. The smallest absolute Gasteiger partial charge is 0.303 e. The third-order valence-electron chi connectivity index (χ3n) is 10.6. The Morgan fingerprint density at radius 3 is 2.44 bits per heavy atom. The second-order valence-corrected chi connectivity index (χ2v) is 16.4. The van der Waals surface area contributed by atoms with Crippen LogP contribution in [0, 0.1) is 5.41 Å². The number of carboxylic acids is 1. The van der Waals surface area contributed by atoms with Crippen LogP contribution >= 0.6 is 11.3 Å². The van der Waals surface area contributed by atoms with Crippen molar-refractivity contribution in [1.82, 2.24) is 19.6 Å². The predicted molar refractivity (Wildman–Crippen MR) is 214 cm³/mol. The van der Waals surface area contributed by atoms with Crippen molar-refractivity contribution in [3.8, 4) is 0 Å². The van der Waals surface area contributed by atoms with Gasteiger partial charge in [-0.3, -0.25) is 28.8 Å². The molecule has 0 spiro atoms. The van der Waals surface area contributed by atoms with Crippen LogP contribution in [0.15, 0.2) is 67.0 Å². The molecule has 0 bridgehead atoms. The zero-order valence-corrected chi connectivity index (χ0v) is 33.2. The average Bonchev–Trinajstić information content (AvgIpc) is 3.77. The van der Waals surface area contributed by atoms with Gasteiger partial charge < -0.3 is 15.3 Å². The van der Waals surface area contributed by atoms with Crippen LogP contribution in [0.25, 0.3) is 0 Å². The minimum atomic E-state index is -0.984. The first-order chi connectivity index (χ1) is 25.9. The van der Waals surface area contributed by atoms with E-state index in [1.165, 1.54) is 16.9 Å². The number of carbonyl (C=O) groups excluding carboxylic acids is 3. The number of anilines is 1. The molecular formula is C43H55N5O5S. The molecule has 0 fully saturated rings. The lowest BCUT2D eigenvalue weighted by Crippen LogP contribution is -2.41. The normalized spacial score (nSPS) is 13.5. The first-order valence-corrected chi connectivity index (χ1v) is 20.0. The second-order valence-electron chi connectivity index (χ2n) is 15.3. The number of rotatable bonds is 19. The van der Waals surface area contributed by atoms with Crippen molar-refractivity contribution in [3.05, 3.63) is 105 Å². The van der Waals surface area contributed by atoms with Gasteiger partial charge in [0.05, 0.1) is 23.7 Å². The molecule has 0 aliphatic heterocycles. The number of aromatic nitrogens is 2. The van der Waals surface area contributed by atoms with E-state index in [2.05, 4.69) is 55.1 Å². The summed E-state index contributed by atoms with van der Waals surface area (Å²) < 4.78 is 1.84. The zero-order valence-electron chi connectivity index (χ0n) is 32.4. The highest BCUT2D eigenvalue weighted by Gasteiger charge is 2.33. The number of hydrogen-bond donors (Lipinski definition) is 2. The fraction of sp³-hybridized carbons (Fsp3) is 0.465. The summed E-state index contributed by atoms with van der Waals surface area (Å²) in [5.74, 6) is -1.55. The van der Waals surface area contributed by atoms with Gasteiger partial charge in [0.25, 0.3) is 5.91 Å². The summed E-state index contributed by atoms with van der Waals surface area (Å²) in [6.07, 6.45) is 9.55. The number of aliphatic carboxylic acids is 1. The first-order valence-electron chi connectivity index (χ1n) is 19.2. The van der Waals surface area contributed by atoms with E-state index in [1.54, 1.807) is 24.2 Å². The summed E-state index contributed by atoms with van der Waals surface area (Å²) in [4.78, 5) is 56.7. The van der Waals surface area contributed by atoms with E-state index < -0.39 is 5.97 Å². The summed E-state index contributed by atoms with van der Waals surface area (Å²) >= 11 is 1.52. The van der Waals surface area contributed by atoms with Gasteiger partial charge in [-0.1, -0.05) is 70.2 Å². The highest BCUT2D eigenvalue weighted by Crippen LogP contribution is 2.44. The van der Waals surface area contributed by atoms with Gasteiger partial charge in [0.1, 0.15) is 5.00 Å². The molecule has 0 saturated heterocycles. The maximum atomic E-state index is 14.2. The topological polar surface area (TPSA) is 125 Å². The molecule has 1 aliphatic rings. The summed E-state index contributed by atoms with van der Waals surface area (Å²) in [6, 6.07) is 18.2.